The van der Waals surface area contributed by atoms with Crippen molar-refractivity contribution >= 4 is 0 Å². The third-order valence-electron chi connectivity index (χ3n) is 5.72. The van der Waals surface area contributed by atoms with Gasteiger partial charge in [0.15, 0.2) is 0 Å². The van der Waals surface area contributed by atoms with Gasteiger partial charge in [0.05, 0.1) is 0 Å². The lowest BCUT2D eigenvalue weighted by Gasteiger charge is -2.48. The van der Waals surface area contributed by atoms with Gasteiger partial charge in [-0.3, -0.25) is 4.90 Å². The Morgan fingerprint density at radius 1 is 1.06 bits per heavy atom. The van der Waals surface area contributed by atoms with E-state index in [0.29, 0.717) is 5.54 Å². The third-order valence-corrected chi connectivity index (χ3v) is 5.72. The summed E-state index contributed by atoms with van der Waals surface area (Å²) in [6.07, 6.45) is 14.6. The average Bonchev–Trinajstić information content (AvgIpc) is 3.11. The van der Waals surface area contributed by atoms with Crippen LogP contribution in [0.2, 0.25) is 0 Å². The van der Waals surface area contributed by atoms with Crippen LogP contribution in [-0.4, -0.2) is 36.6 Å². The zero-order chi connectivity index (χ0) is 12.4. The number of rotatable bonds is 5. The highest BCUT2D eigenvalue weighted by atomic mass is 15.2. The number of piperidine rings is 1. The molecule has 104 valence electrons. The molecule has 0 bridgehead atoms. The van der Waals surface area contributed by atoms with Gasteiger partial charge in [-0.15, -0.1) is 0 Å². The van der Waals surface area contributed by atoms with Gasteiger partial charge in [-0.05, 0) is 58.2 Å². The van der Waals surface area contributed by atoms with Crippen LogP contribution in [0.3, 0.4) is 0 Å². The highest BCUT2D eigenvalue weighted by Gasteiger charge is 2.46. The summed E-state index contributed by atoms with van der Waals surface area (Å²) in [6, 6.07) is 0.755. The molecule has 2 saturated carbocycles. The summed E-state index contributed by atoms with van der Waals surface area (Å²) in [5.41, 5.74) is 0.526. The zero-order valence-corrected chi connectivity index (χ0v) is 12.1. The molecule has 3 aliphatic rings. The smallest absolute Gasteiger partial charge is 0.0362 e. The minimum Gasteiger partial charge on any atom is -0.315 e. The molecule has 1 N–H and O–H groups in total. The minimum atomic E-state index is 0.526. The van der Waals surface area contributed by atoms with Crippen molar-refractivity contribution in [2.75, 3.05) is 20.1 Å². The van der Waals surface area contributed by atoms with Gasteiger partial charge in [0.2, 0.25) is 0 Å². The molecule has 0 aromatic carbocycles. The minimum absolute atomic E-state index is 0.526. The Labute approximate surface area is 113 Å². The SMILES string of the molecule is CNC(CC1CC1)C1(N2CCCCC2)CCCC1. The first kappa shape index (κ1) is 12.9. The van der Waals surface area contributed by atoms with E-state index in [-0.39, 0.29) is 0 Å². The molecule has 0 spiro atoms. The molecule has 3 fully saturated rings. The standard InChI is InChI=1S/C16H30N2/c1-17-15(13-14-7-8-14)16(9-3-4-10-16)18-11-5-2-6-12-18/h14-15,17H,2-13H2,1H3. The molecule has 1 heterocycles. The molecular formula is C16H30N2. The van der Waals surface area contributed by atoms with Gasteiger partial charge >= 0.3 is 0 Å². The van der Waals surface area contributed by atoms with E-state index >= 15 is 0 Å². The van der Waals surface area contributed by atoms with E-state index in [1.165, 1.54) is 77.3 Å². The summed E-state index contributed by atoms with van der Waals surface area (Å²) in [4.78, 5) is 2.88. The monoisotopic (exact) mass is 250 g/mol. The van der Waals surface area contributed by atoms with Crippen LogP contribution >= 0.6 is 0 Å². The van der Waals surface area contributed by atoms with E-state index in [0.717, 1.165) is 12.0 Å². The van der Waals surface area contributed by atoms with Gasteiger partial charge in [-0.1, -0.05) is 32.1 Å². The summed E-state index contributed by atoms with van der Waals surface area (Å²) in [6.45, 7) is 2.73. The number of hydrogen-bond donors (Lipinski definition) is 1. The fraction of sp³-hybridized carbons (Fsp3) is 1.00. The summed E-state index contributed by atoms with van der Waals surface area (Å²) >= 11 is 0. The third kappa shape index (κ3) is 2.46. The van der Waals surface area contributed by atoms with Crippen molar-refractivity contribution in [2.45, 2.75) is 75.8 Å². The molecule has 1 unspecified atom stereocenters. The van der Waals surface area contributed by atoms with Crippen LogP contribution in [0.4, 0.5) is 0 Å². The van der Waals surface area contributed by atoms with Crippen molar-refractivity contribution in [3.05, 3.63) is 0 Å². The van der Waals surface area contributed by atoms with Gasteiger partial charge in [0, 0.05) is 11.6 Å². The van der Waals surface area contributed by atoms with Crippen LogP contribution < -0.4 is 5.32 Å². The van der Waals surface area contributed by atoms with Gasteiger partial charge in [0.1, 0.15) is 0 Å². The summed E-state index contributed by atoms with van der Waals surface area (Å²) in [5, 5.41) is 3.71. The van der Waals surface area contributed by atoms with Crippen LogP contribution in [-0.2, 0) is 0 Å². The fourth-order valence-electron chi connectivity index (χ4n) is 4.50. The topological polar surface area (TPSA) is 15.3 Å². The predicted molar refractivity (Wildman–Crippen MR) is 76.8 cm³/mol. The Bertz CT molecular complexity index is 260. The van der Waals surface area contributed by atoms with Gasteiger partial charge in [-0.25, -0.2) is 0 Å². The Morgan fingerprint density at radius 2 is 1.72 bits per heavy atom. The molecule has 0 amide bonds. The maximum atomic E-state index is 3.71. The Balaban J connectivity index is 1.74. The highest BCUT2D eigenvalue weighted by Crippen LogP contribution is 2.44. The maximum Gasteiger partial charge on any atom is 0.0362 e. The highest BCUT2D eigenvalue weighted by molar-refractivity contribution is 5.05. The Kier molecular flexibility index (Phi) is 3.95. The molecule has 18 heavy (non-hydrogen) atoms. The molecule has 2 nitrogen and oxygen atoms in total. The normalized spacial score (nSPS) is 30.5. The maximum absolute atomic E-state index is 3.71. The first-order chi connectivity index (χ1) is 8.85. The molecule has 1 aliphatic heterocycles. The largest absolute Gasteiger partial charge is 0.315 e. The lowest BCUT2D eigenvalue weighted by molar-refractivity contribution is 0.0346. The lowest BCUT2D eigenvalue weighted by atomic mass is 9.82. The van der Waals surface area contributed by atoms with Crippen LogP contribution in [0.5, 0.6) is 0 Å². The number of hydrogen-bond acceptors (Lipinski definition) is 2. The summed E-state index contributed by atoms with van der Waals surface area (Å²) in [5.74, 6) is 1.05. The molecule has 0 radical (unpaired) electrons. The Morgan fingerprint density at radius 3 is 2.28 bits per heavy atom. The van der Waals surface area contributed by atoms with Crippen molar-refractivity contribution in [1.82, 2.24) is 10.2 Å². The molecule has 1 saturated heterocycles. The molecule has 2 aliphatic carbocycles. The van der Waals surface area contributed by atoms with Crippen molar-refractivity contribution in [3.63, 3.8) is 0 Å². The fourth-order valence-corrected chi connectivity index (χ4v) is 4.50. The van der Waals surface area contributed by atoms with Crippen LogP contribution in [0.25, 0.3) is 0 Å². The molecule has 0 aromatic rings. The van der Waals surface area contributed by atoms with Gasteiger partial charge < -0.3 is 5.32 Å². The van der Waals surface area contributed by atoms with Gasteiger partial charge in [-0.2, -0.15) is 0 Å². The van der Waals surface area contributed by atoms with Gasteiger partial charge in [0.25, 0.3) is 0 Å². The second-order valence-electron chi connectivity index (χ2n) is 6.88. The number of nitrogens with zero attached hydrogens (tertiary/aromatic N) is 1. The molecule has 0 aromatic heterocycles. The van der Waals surface area contributed by atoms with Crippen LogP contribution in [0.15, 0.2) is 0 Å². The van der Waals surface area contributed by atoms with E-state index in [2.05, 4.69) is 17.3 Å². The number of likely N-dealkylation sites (N-methyl/N-ethyl adjacent to an activating group) is 1. The average molecular weight is 250 g/mol. The molecular weight excluding hydrogens is 220 g/mol. The first-order valence-corrected chi connectivity index (χ1v) is 8.27. The zero-order valence-electron chi connectivity index (χ0n) is 12.1. The van der Waals surface area contributed by atoms with E-state index < -0.39 is 0 Å². The van der Waals surface area contributed by atoms with Crippen molar-refractivity contribution in [3.8, 4) is 0 Å². The summed E-state index contributed by atoms with van der Waals surface area (Å²) in [7, 11) is 2.21. The van der Waals surface area contributed by atoms with Crippen molar-refractivity contribution < 1.29 is 0 Å². The predicted octanol–water partition coefficient (Wildman–Crippen LogP) is 3.17. The second kappa shape index (κ2) is 5.50. The molecule has 1 atom stereocenters. The van der Waals surface area contributed by atoms with Crippen molar-refractivity contribution in [2.24, 2.45) is 5.92 Å². The van der Waals surface area contributed by atoms with Crippen LogP contribution in [0.1, 0.15) is 64.2 Å². The second-order valence-corrected chi connectivity index (χ2v) is 6.88. The van der Waals surface area contributed by atoms with Crippen molar-refractivity contribution in [1.29, 1.82) is 0 Å². The lowest BCUT2D eigenvalue weighted by Crippen LogP contribution is -2.60. The van der Waals surface area contributed by atoms with E-state index in [4.69, 9.17) is 0 Å². The van der Waals surface area contributed by atoms with E-state index in [9.17, 15) is 0 Å². The van der Waals surface area contributed by atoms with E-state index in [1.807, 2.05) is 0 Å². The summed E-state index contributed by atoms with van der Waals surface area (Å²) < 4.78 is 0. The quantitative estimate of drug-likeness (QED) is 0.806. The molecule has 3 rings (SSSR count). The number of likely N-dealkylation sites (tertiary alicyclic amines) is 1. The van der Waals surface area contributed by atoms with Crippen LogP contribution in [0, 0.1) is 5.92 Å². The number of nitrogens with one attached hydrogen (secondary N) is 1. The first-order valence-electron chi connectivity index (χ1n) is 8.27. The molecule has 2 heteroatoms. The Hall–Kier alpha value is -0.0800. The van der Waals surface area contributed by atoms with E-state index in [1.54, 1.807) is 0 Å².